The molecule has 1 atom stereocenters. The van der Waals surface area contributed by atoms with E-state index in [9.17, 15) is 22.4 Å². The van der Waals surface area contributed by atoms with Gasteiger partial charge >= 0.3 is 6.61 Å². The zero-order valence-electron chi connectivity index (χ0n) is 16.8. The Morgan fingerprint density at radius 2 is 1.97 bits per heavy atom. The van der Waals surface area contributed by atoms with Crippen LogP contribution in [0, 0.1) is 18.3 Å². The van der Waals surface area contributed by atoms with Crippen LogP contribution in [0.25, 0.3) is 5.82 Å². The van der Waals surface area contributed by atoms with Crippen LogP contribution in [-0.2, 0) is 0 Å². The van der Waals surface area contributed by atoms with Gasteiger partial charge in [0, 0.05) is 17.3 Å². The molecule has 0 aliphatic heterocycles. The second kappa shape index (κ2) is 9.42. The van der Waals surface area contributed by atoms with Crippen molar-refractivity contribution < 1.29 is 27.1 Å². The van der Waals surface area contributed by atoms with Gasteiger partial charge in [-0.05, 0) is 44.2 Å². The van der Waals surface area contributed by atoms with E-state index in [-0.39, 0.29) is 11.4 Å². The van der Waals surface area contributed by atoms with Gasteiger partial charge in [0.25, 0.3) is 12.3 Å². The molecule has 0 saturated heterocycles. The monoisotopic (exact) mass is 448 g/mol. The number of carbonyl (C=O) groups excluding carboxylic acids is 1. The number of pyridine rings is 1. The highest BCUT2D eigenvalue weighted by Gasteiger charge is 2.22. The average molecular weight is 448 g/mol. The summed E-state index contributed by atoms with van der Waals surface area (Å²) in [5, 5.41) is 15.7. The van der Waals surface area contributed by atoms with Crippen molar-refractivity contribution in [1.29, 1.82) is 5.26 Å². The van der Waals surface area contributed by atoms with Gasteiger partial charge in [-0.15, -0.1) is 5.10 Å². The SMILES string of the molecule is Cc1nc([C@H](C)NC(=O)c2cc(OC(F)F)cc(C(F)F)c2)n(-c2ccc(C#N)cn2)n1. The third kappa shape index (κ3) is 5.18. The number of aryl methyl sites for hydroxylation is 1. The summed E-state index contributed by atoms with van der Waals surface area (Å²) in [6.07, 6.45) is -1.65. The summed E-state index contributed by atoms with van der Waals surface area (Å²) in [6, 6.07) is 6.84. The number of alkyl halides is 4. The fraction of sp³-hybridized carbons (Fsp3) is 0.250. The molecule has 0 radical (unpaired) electrons. The van der Waals surface area contributed by atoms with E-state index in [4.69, 9.17) is 5.26 Å². The predicted molar refractivity (Wildman–Crippen MR) is 103 cm³/mol. The van der Waals surface area contributed by atoms with Gasteiger partial charge in [0.15, 0.2) is 11.6 Å². The lowest BCUT2D eigenvalue weighted by Crippen LogP contribution is -2.29. The van der Waals surface area contributed by atoms with Crippen LogP contribution in [0.3, 0.4) is 0 Å². The van der Waals surface area contributed by atoms with Gasteiger partial charge in [0.2, 0.25) is 0 Å². The molecule has 0 unspecified atom stereocenters. The first-order chi connectivity index (χ1) is 15.2. The Bertz CT molecular complexity index is 1160. The molecule has 0 saturated carbocycles. The highest BCUT2D eigenvalue weighted by molar-refractivity contribution is 5.95. The van der Waals surface area contributed by atoms with E-state index < -0.39 is 36.3 Å². The normalized spacial score (nSPS) is 12.0. The van der Waals surface area contributed by atoms with E-state index >= 15 is 0 Å². The molecule has 12 heteroatoms. The Hall–Kier alpha value is -4.01. The van der Waals surface area contributed by atoms with Gasteiger partial charge in [0.05, 0.1) is 11.6 Å². The molecule has 1 amide bonds. The van der Waals surface area contributed by atoms with Gasteiger partial charge < -0.3 is 10.1 Å². The summed E-state index contributed by atoms with van der Waals surface area (Å²) in [5.74, 6) is -0.370. The minimum atomic E-state index is -3.24. The first-order valence-electron chi connectivity index (χ1n) is 9.17. The van der Waals surface area contributed by atoms with Crippen LogP contribution in [0.5, 0.6) is 5.75 Å². The quantitative estimate of drug-likeness (QED) is 0.550. The molecule has 0 spiro atoms. The lowest BCUT2D eigenvalue weighted by Gasteiger charge is -2.15. The lowest BCUT2D eigenvalue weighted by atomic mass is 10.1. The highest BCUT2D eigenvalue weighted by Crippen LogP contribution is 2.27. The molecule has 3 rings (SSSR count). The molecule has 8 nitrogen and oxygen atoms in total. The maximum atomic E-state index is 13.1. The van der Waals surface area contributed by atoms with Gasteiger partial charge in [-0.3, -0.25) is 4.79 Å². The number of rotatable bonds is 7. The summed E-state index contributed by atoms with van der Waals surface area (Å²) in [6.45, 7) is -0.0352. The van der Waals surface area contributed by atoms with Crippen LogP contribution < -0.4 is 10.1 Å². The maximum absolute atomic E-state index is 13.1. The zero-order chi connectivity index (χ0) is 23.4. The minimum absolute atomic E-state index is 0.280. The van der Waals surface area contributed by atoms with Crippen molar-refractivity contribution in [2.24, 2.45) is 0 Å². The topological polar surface area (TPSA) is 106 Å². The smallest absolute Gasteiger partial charge is 0.387 e. The summed E-state index contributed by atoms with van der Waals surface area (Å²) >= 11 is 0. The summed E-state index contributed by atoms with van der Waals surface area (Å²) in [7, 11) is 0. The number of ether oxygens (including phenoxy) is 1. The Labute approximate surface area is 179 Å². The molecule has 0 fully saturated rings. The first-order valence-corrected chi connectivity index (χ1v) is 9.17. The molecule has 166 valence electrons. The molecule has 3 aromatic rings. The Morgan fingerprint density at radius 3 is 2.56 bits per heavy atom. The van der Waals surface area contributed by atoms with Crippen molar-refractivity contribution in [3.05, 3.63) is 64.9 Å². The third-order valence-corrected chi connectivity index (χ3v) is 4.24. The number of nitrogens with zero attached hydrogens (tertiary/aromatic N) is 5. The van der Waals surface area contributed by atoms with Crippen molar-refractivity contribution in [2.45, 2.75) is 32.9 Å². The largest absolute Gasteiger partial charge is 0.435 e. The second-order valence-corrected chi connectivity index (χ2v) is 6.61. The van der Waals surface area contributed by atoms with Gasteiger partial charge in [-0.2, -0.15) is 18.7 Å². The third-order valence-electron chi connectivity index (χ3n) is 4.24. The number of halogens is 4. The van der Waals surface area contributed by atoms with Gasteiger partial charge in [-0.1, -0.05) is 0 Å². The van der Waals surface area contributed by atoms with E-state index in [1.165, 1.54) is 16.9 Å². The Kier molecular flexibility index (Phi) is 6.67. The summed E-state index contributed by atoms with van der Waals surface area (Å²) in [5.41, 5.74) is -0.583. The van der Waals surface area contributed by atoms with Crippen molar-refractivity contribution in [3.8, 4) is 17.6 Å². The molecule has 0 aliphatic rings. The Balaban J connectivity index is 1.88. The molecule has 2 aromatic heterocycles. The van der Waals surface area contributed by atoms with Crippen molar-refractivity contribution in [1.82, 2.24) is 25.1 Å². The number of aromatic nitrogens is 4. The first kappa shape index (κ1) is 22.7. The van der Waals surface area contributed by atoms with Crippen LogP contribution in [0.2, 0.25) is 0 Å². The fourth-order valence-electron chi connectivity index (χ4n) is 2.85. The van der Waals surface area contributed by atoms with Gasteiger partial charge in [0.1, 0.15) is 17.6 Å². The average Bonchev–Trinajstić information content (AvgIpc) is 3.14. The van der Waals surface area contributed by atoms with Crippen LogP contribution in [0.4, 0.5) is 17.6 Å². The summed E-state index contributed by atoms with van der Waals surface area (Å²) < 4.78 is 56.8. The van der Waals surface area contributed by atoms with Crippen molar-refractivity contribution in [2.75, 3.05) is 0 Å². The van der Waals surface area contributed by atoms with Crippen LogP contribution in [0.15, 0.2) is 36.5 Å². The van der Waals surface area contributed by atoms with E-state index in [1.807, 2.05) is 6.07 Å². The van der Waals surface area contributed by atoms with Crippen molar-refractivity contribution >= 4 is 5.91 Å². The molecule has 1 aromatic carbocycles. The van der Waals surface area contributed by atoms with E-state index in [1.54, 1.807) is 19.9 Å². The number of nitriles is 1. The number of amides is 1. The highest BCUT2D eigenvalue weighted by atomic mass is 19.3. The fourth-order valence-corrected chi connectivity index (χ4v) is 2.85. The molecule has 0 bridgehead atoms. The number of hydrogen-bond acceptors (Lipinski definition) is 6. The van der Waals surface area contributed by atoms with Gasteiger partial charge in [-0.25, -0.2) is 18.7 Å². The molecular weight excluding hydrogens is 432 g/mol. The number of nitrogens with one attached hydrogen (secondary N) is 1. The number of hydrogen-bond donors (Lipinski definition) is 1. The van der Waals surface area contributed by atoms with E-state index in [2.05, 4.69) is 25.1 Å². The van der Waals surface area contributed by atoms with Crippen molar-refractivity contribution in [3.63, 3.8) is 0 Å². The molecule has 1 N–H and O–H groups in total. The van der Waals surface area contributed by atoms with Crippen LogP contribution >= 0.6 is 0 Å². The van der Waals surface area contributed by atoms with Crippen LogP contribution in [-0.4, -0.2) is 32.3 Å². The molecule has 32 heavy (non-hydrogen) atoms. The molecule has 2 heterocycles. The summed E-state index contributed by atoms with van der Waals surface area (Å²) in [4.78, 5) is 21.1. The zero-order valence-corrected chi connectivity index (χ0v) is 16.8. The predicted octanol–water partition coefficient (Wildman–Crippen LogP) is 3.87. The number of carbonyl (C=O) groups is 1. The molecular formula is C20H16F4N6O2. The Morgan fingerprint density at radius 1 is 1.22 bits per heavy atom. The standard InChI is InChI=1S/C20H16F4N6O2/c1-10(18-28-11(2)29-30(18)16-4-3-12(8-25)9-26-16)27-19(31)14-5-13(17(21)22)6-15(7-14)32-20(23)24/h3-7,9-10,17,20H,1-2H3,(H,27,31)/t10-/m0/s1. The second-order valence-electron chi connectivity index (χ2n) is 6.61. The molecule has 0 aliphatic carbocycles. The minimum Gasteiger partial charge on any atom is -0.435 e. The number of benzene rings is 1. The van der Waals surface area contributed by atoms with Crippen LogP contribution in [0.1, 0.15) is 52.5 Å². The lowest BCUT2D eigenvalue weighted by molar-refractivity contribution is -0.0500. The van der Waals surface area contributed by atoms with E-state index in [0.29, 0.717) is 17.2 Å². The maximum Gasteiger partial charge on any atom is 0.387 e. The van der Waals surface area contributed by atoms with E-state index in [0.717, 1.165) is 18.2 Å².